The SMILES string of the molecule is COCCN(CC(=O)Nc1nc(CC(=O)N[C@H](Cc2ccccc2)c2ccccc2)cs1)C(=O)C1CCCCC1. The molecule has 1 heterocycles. The van der Waals surface area contributed by atoms with Gasteiger partial charge in [-0.2, -0.15) is 0 Å². The van der Waals surface area contributed by atoms with E-state index in [1.807, 2.05) is 48.5 Å². The summed E-state index contributed by atoms with van der Waals surface area (Å²) in [6.07, 6.45) is 5.78. The van der Waals surface area contributed by atoms with Gasteiger partial charge in [0.25, 0.3) is 0 Å². The average Bonchev–Trinajstić information content (AvgIpc) is 3.42. The number of amides is 3. The molecular weight excluding hydrogens is 524 g/mol. The highest BCUT2D eigenvalue weighted by Crippen LogP contribution is 2.26. The van der Waals surface area contributed by atoms with Gasteiger partial charge in [0.15, 0.2) is 5.13 Å². The third-order valence-corrected chi connectivity index (χ3v) is 7.93. The lowest BCUT2D eigenvalue weighted by Crippen LogP contribution is -2.43. The summed E-state index contributed by atoms with van der Waals surface area (Å²) < 4.78 is 5.16. The zero-order valence-corrected chi connectivity index (χ0v) is 23.8. The van der Waals surface area contributed by atoms with Crippen molar-refractivity contribution in [3.05, 3.63) is 82.9 Å². The first kappa shape index (κ1) is 29.4. The minimum atomic E-state index is -0.308. The van der Waals surface area contributed by atoms with Crippen molar-refractivity contribution < 1.29 is 19.1 Å². The van der Waals surface area contributed by atoms with Crippen LogP contribution >= 0.6 is 11.3 Å². The smallest absolute Gasteiger partial charge is 0.245 e. The first-order chi connectivity index (χ1) is 19.5. The van der Waals surface area contributed by atoms with Gasteiger partial charge in [0.05, 0.1) is 24.8 Å². The Labute approximate surface area is 240 Å². The van der Waals surface area contributed by atoms with E-state index in [-0.39, 0.29) is 42.6 Å². The fourth-order valence-corrected chi connectivity index (χ4v) is 5.78. The number of ether oxygens (including phenoxy) is 1. The van der Waals surface area contributed by atoms with E-state index in [0.717, 1.165) is 43.2 Å². The number of rotatable bonds is 13. The van der Waals surface area contributed by atoms with E-state index in [1.54, 1.807) is 17.4 Å². The van der Waals surface area contributed by atoms with Crippen LogP contribution in [0, 0.1) is 5.92 Å². The average molecular weight is 563 g/mol. The molecular formula is C31H38N4O4S. The van der Waals surface area contributed by atoms with Gasteiger partial charge in [-0.1, -0.05) is 79.9 Å². The van der Waals surface area contributed by atoms with E-state index in [4.69, 9.17) is 4.74 Å². The molecule has 1 atom stereocenters. The monoisotopic (exact) mass is 562 g/mol. The van der Waals surface area contributed by atoms with E-state index >= 15 is 0 Å². The van der Waals surface area contributed by atoms with Crippen molar-refractivity contribution in [1.82, 2.24) is 15.2 Å². The van der Waals surface area contributed by atoms with Gasteiger partial charge in [0, 0.05) is 25.0 Å². The Kier molecular flexibility index (Phi) is 11.2. The number of nitrogens with zero attached hydrogens (tertiary/aromatic N) is 2. The maximum absolute atomic E-state index is 13.1. The number of hydrogen-bond donors (Lipinski definition) is 2. The first-order valence-electron chi connectivity index (χ1n) is 13.9. The van der Waals surface area contributed by atoms with Gasteiger partial charge >= 0.3 is 0 Å². The number of carbonyl (C=O) groups excluding carboxylic acids is 3. The van der Waals surface area contributed by atoms with E-state index in [9.17, 15) is 14.4 Å². The molecule has 40 heavy (non-hydrogen) atoms. The van der Waals surface area contributed by atoms with Crippen LogP contribution in [0.1, 0.15) is 55.0 Å². The van der Waals surface area contributed by atoms with Crippen LogP contribution in [0.15, 0.2) is 66.0 Å². The van der Waals surface area contributed by atoms with Crippen LogP contribution in [0.25, 0.3) is 0 Å². The largest absolute Gasteiger partial charge is 0.383 e. The van der Waals surface area contributed by atoms with Crippen molar-refractivity contribution in [3.8, 4) is 0 Å². The molecule has 1 aliphatic carbocycles. The van der Waals surface area contributed by atoms with Crippen LogP contribution in [0.2, 0.25) is 0 Å². The zero-order valence-electron chi connectivity index (χ0n) is 23.0. The molecule has 0 saturated heterocycles. The number of methoxy groups -OCH3 is 1. The minimum absolute atomic E-state index is 0.0203. The van der Waals surface area contributed by atoms with Gasteiger partial charge in [0.1, 0.15) is 6.54 Å². The summed E-state index contributed by atoms with van der Waals surface area (Å²) >= 11 is 1.27. The zero-order chi connectivity index (χ0) is 28.2. The number of benzene rings is 2. The van der Waals surface area contributed by atoms with Gasteiger partial charge in [0.2, 0.25) is 17.7 Å². The van der Waals surface area contributed by atoms with Crippen LogP contribution in [0.4, 0.5) is 5.13 Å². The number of aromatic nitrogens is 1. The van der Waals surface area contributed by atoms with Gasteiger partial charge in [-0.15, -0.1) is 11.3 Å². The van der Waals surface area contributed by atoms with E-state index in [0.29, 0.717) is 30.4 Å². The van der Waals surface area contributed by atoms with Crippen molar-refractivity contribution in [1.29, 1.82) is 0 Å². The summed E-state index contributed by atoms with van der Waals surface area (Å²) in [5.41, 5.74) is 2.75. The summed E-state index contributed by atoms with van der Waals surface area (Å²) in [6, 6.07) is 19.8. The fourth-order valence-electron chi connectivity index (χ4n) is 5.05. The standard InChI is InChI=1S/C31H38N4O4S/c1-39-18-17-35(30(38)25-15-9-4-10-16-25)21-29(37)34-31-32-26(22-40-31)20-28(36)33-27(24-13-7-3-8-14-24)19-23-11-5-2-6-12-23/h2-3,5-8,11-14,22,25,27H,4,9-10,15-21H2,1H3,(H,33,36)(H,32,34,37)/t27-/m1/s1. The molecule has 1 saturated carbocycles. The minimum Gasteiger partial charge on any atom is -0.383 e. The quantitative estimate of drug-likeness (QED) is 0.312. The molecule has 0 bridgehead atoms. The molecule has 0 unspecified atom stereocenters. The molecule has 0 aliphatic heterocycles. The Morgan fingerprint density at radius 1 is 1.00 bits per heavy atom. The molecule has 8 nitrogen and oxygen atoms in total. The lowest BCUT2D eigenvalue weighted by Gasteiger charge is -2.28. The summed E-state index contributed by atoms with van der Waals surface area (Å²) in [4.78, 5) is 44.9. The van der Waals surface area contributed by atoms with Crippen molar-refractivity contribution in [2.75, 3.05) is 32.1 Å². The van der Waals surface area contributed by atoms with Crippen molar-refractivity contribution in [2.24, 2.45) is 5.92 Å². The molecule has 0 spiro atoms. The first-order valence-corrected chi connectivity index (χ1v) is 14.8. The molecule has 3 aromatic rings. The van der Waals surface area contributed by atoms with Gasteiger partial charge in [-0.05, 0) is 30.4 Å². The molecule has 4 rings (SSSR count). The van der Waals surface area contributed by atoms with Crippen LogP contribution in [0.3, 0.4) is 0 Å². The molecule has 3 amide bonds. The Morgan fingerprint density at radius 2 is 1.70 bits per heavy atom. The summed E-state index contributed by atoms with van der Waals surface area (Å²) in [7, 11) is 1.58. The second-order valence-electron chi connectivity index (χ2n) is 10.2. The molecule has 1 fully saturated rings. The van der Waals surface area contributed by atoms with Gasteiger partial charge in [-0.3, -0.25) is 14.4 Å². The van der Waals surface area contributed by atoms with Crippen molar-refractivity contribution in [2.45, 2.75) is 51.0 Å². The summed E-state index contributed by atoms with van der Waals surface area (Å²) in [5.74, 6) is -0.453. The van der Waals surface area contributed by atoms with Gasteiger partial charge in [-0.25, -0.2) is 4.98 Å². The molecule has 0 radical (unpaired) electrons. The molecule has 2 N–H and O–H groups in total. The lowest BCUT2D eigenvalue weighted by molar-refractivity contribution is -0.139. The molecule has 9 heteroatoms. The summed E-state index contributed by atoms with van der Waals surface area (Å²) in [5, 5.41) is 8.14. The second-order valence-corrected chi connectivity index (χ2v) is 11.0. The maximum Gasteiger partial charge on any atom is 0.245 e. The normalized spacial score (nSPS) is 14.3. The van der Waals surface area contributed by atoms with Crippen LogP contribution in [0.5, 0.6) is 0 Å². The predicted molar refractivity (Wildman–Crippen MR) is 157 cm³/mol. The maximum atomic E-state index is 13.1. The molecule has 2 aromatic carbocycles. The van der Waals surface area contributed by atoms with Crippen LogP contribution in [-0.4, -0.2) is 54.4 Å². The van der Waals surface area contributed by atoms with Crippen LogP contribution in [-0.2, 0) is 32.0 Å². The fraction of sp³-hybridized carbons (Fsp3) is 0.419. The number of nitrogens with one attached hydrogen (secondary N) is 2. The lowest BCUT2D eigenvalue weighted by atomic mass is 9.88. The third-order valence-electron chi connectivity index (χ3n) is 7.13. The number of carbonyl (C=O) groups is 3. The van der Waals surface area contributed by atoms with Crippen molar-refractivity contribution in [3.63, 3.8) is 0 Å². The number of thiazole rings is 1. The molecule has 212 valence electrons. The summed E-state index contributed by atoms with van der Waals surface area (Å²) in [6.45, 7) is 0.691. The Balaban J connectivity index is 1.32. The number of anilines is 1. The van der Waals surface area contributed by atoms with E-state index in [2.05, 4.69) is 27.8 Å². The number of hydrogen-bond acceptors (Lipinski definition) is 6. The Bertz CT molecular complexity index is 1230. The highest BCUT2D eigenvalue weighted by molar-refractivity contribution is 7.13. The van der Waals surface area contributed by atoms with E-state index in [1.165, 1.54) is 11.3 Å². The molecule has 1 aromatic heterocycles. The Hall–Kier alpha value is -3.56. The Morgan fingerprint density at radius 3 is 2.40 bits per heavy atom. The highest BCUT2D eigenvalue weighted by Gasteiger charge is 2.27. The van der Waals surface area contributed by atoms with Crippen LogP contribution < -0.4 is 10.6 Å². The molecule has 1 aliphatic rings. The van der Waals surface area contributed by atoms with Gasteiger partial charge < -0.3 is 20.3 Å². The van der Waals surface area contributed by atoms with E-state index < -0.39 is 0 Å². The topological polar surface area (TPSA) is 101 Å². The highest BCUT2D eigenvalue weighted by atomic mass is 32.1. The van der Waals surface area contributed by atoms with Crippen molar-refractivity contribution >= 4 is 34.2 Å². The second kappa shape index (κ2) is 15.3. The predicted octanol–water partition coefficient (Wildman–Crippen LogP) is 4.78. The third kappa shape index (κ3) is 8.99.